The Morgan fingerprint density at radius 2 is 2.23 bits per heavy atom. The quantitative estimate of drug-likeness (QED) is 0.634. The molecule has 0 radical (unpaired) electrons. The lowest BCUT2D eigenvalue weighted by molar-refractivity contribution is 0.549. The third kappa shape index (κ3) is 1.75. The topological polar surface area (TPSA) is 17.8 Å². The lowest BCUT2D eigenvalue weighted by Gasteiger charge is -2.14. The Labute approximate surface area is 83.7 Å². The van der Waals surface area contributed by atoms with Gasteiger partial charge in [-0.25, -0.2) is 0 Å². The number of aromatic nitrogens is 2. The van der Waals surface area contributed by atoms with Crippen molar-refractivity contribution in [1.82, 2.24) is 9.78 Å². The van der Waals surface area contributed by atoms with E-state index in [2.05, 4.69) is 36.6 Å². The van der Waals surface area contributed by atoms with Crippen molar-refractivity contribution in [3.8, 4) is 0 Å². The lowest BCUT2D eigenvalue weighted by atomic mass is 9.92. The summed E-state index contributed by atoms with van der Waals surface area (Å²) in [6, 6.07) is 2.26. The van der Waals surface area contributed by atoms with Crippen LogP contribution in [0.4, 0.5) is 0 Å². The molecule has 72 valence electrons. The molecule has 1 aromatic heterocycles. The molecule has 0 unspecified atom stereocenters. The number of nitrogens with zero attached hydrogens (tertiary/aromatic N) is 2. The monoisotopic (exact) mass is 196 g/mol. The summed E-state index contributed by atoms with van der Waals surface area (Å²) in [5.41, 5.74) is 2.82. The number of rotatable bonds is 0. The van der Waals surface area contributed by atoms with E-state index in [-0.39, 0.29) is 5.41 Å². The van der Waals surface area contributed by atoms with Crippen LogP contribution in [0.1, 0.15) is 32.2 Å². The van der Waals surface area contributed by atoms with Crippen molar-refractivity contribution in [2.24, 2.45) is 0 Å². The maximum absolute atomic E-state index is 4.62. The molecule has 0 fully saturated rings. The van der Waals surface area contributed by atoms with E-state index in [1.54, 1.807) is 0 Å². The van der Waals surface area contributed by atoms with Gasteiger partial charge >= 0.3 is 0 Å². The molecule has 2 heterocycles. The van der Waals surface area contributed by atoms with Crippen molar-refractivity contribution in [3.63, 3.8) is 0 Å². The second kappa shape index (κ2) is 3.05. The first-order chi connectivity index (χ1) is 6.07. The number of fused-ring (bicyclic) bond motifs is 1. The Kier molecular flexibility index (Phi) is 2.14. The summed E-state index contributed by atoms with van der Waals surface area (Å²) in [6.45, 7) is 6.65. The van der Waals surface area contributed by atoms with Gasteiger partial charge in [-0.1, -0.05) is 20.8 Å². The van der Waals surface area contributed by atoms with Gasteiger partial charge in [0.15, 0.2) is 0 Å². The van der Waals surface area contributed by atoms with E-state index in [4.69, 9.17) is 0 Å². The number of hydrogen-bond acceptors (Lipinski definition) is 2. The first-order valence-electron chi connectivity index (χ1n) is 4.72. The molecule has 0 aliphatic carbocycles. The Balaban J connectivity index is 2.36. The van der Waals surface area contributed by atoms with Crippen LogP contribution in [-0.4, -0.2) is 15.5 Å². The second-order valence-electron chi connectivity index (χ2n) is 4.56. The summed E-state index contributed by atoms with van der Waals surface area (Å²) in [5, 5.41) is 4.62. The molecule has 1 aliphatic rings. The fourth-order valence-corrected chi connectivity index (χ4v) is 2.34. The maximum Gasteiger partial charge on any atom is 0.0866 e. The summed E-state index contributed by atoms with van der Waals surface area (Å²) in [4.78, 5) is 0. The smallest absolute Gasteiger partial charge is 0.0866 e. The molecule has 2 nitrogen and oxygen atoms in total. The Morgan fingerprint density at radius 1 is 1.46 bits per heavy atom. The predicted octanol–water partition coefficient (Wildman–Crippen LogP) is 2.43. The zero-order chi connectivity index (χ0) is 9.47. The van der Waals surface area contributed by atoms with Crippen molar-refractivity contribution in [2.75, 3.05) is 5.75 Å². The van der Waals surface area contributed by atoms with Crippen molar-refractivity contribution in [2.45, 2.75) is 38.5 Å². The Hall–Kier alpha value is -0.440. The van der Waals surface area contributed by atoms with Crippen LogP contribution in [0, 0.1) is 0 Å². The standard InChI is InChI=1S/C10H16N2S/c1-10(2,3)9-6-8-4-5-13-7-12(8)11-9/h6H,4-5,7H2,1-3H3. The third-order valence-electron chi connectivity index (χ3n) is 2.35. The molecule has 13 heavy (non-hydrogen) atoms. The van der Waals surface area contributed by atoms with Crippen LogP contribution < -0.4 is 0 Å². The summed E-state index contributed by atoms with van der Waals surface area (Å²) in [5.74, 6) is 2.28. The van der Waals surface area contributed by atoms with Crippen molar-refractivity contribution >= 4 is 11.8 Å². The van der Waals surface area contributed by atoms with Crippen LogP contribution in [0.3, 0.4) is 0 Å². The molecule has 0 aromatic carbocycles. The molecular formula is C10H16N2S. The average Bonchev–Trinajstić information content (AvgIpc) is 2.45. The van der Waals surface area contributed by atoms with E-state index in [9.17, 15) is 0 Å². The molecule has 2 rings (SSSR count). The van der Waals surface area contributed by atoms with Crippen molar-refractivity contribution in [3.05, 3.63) is 17.5 Å². The van der Waals surface area contributed by atoms with E-state index in [1.807, 2.05) is 11.8 Å². The number of aryl methyl sites for hydroxylation is 1. The van der Waals surface area contributed by atoms with Gasteiger partial charge in [-0.2, -0.15) is 5.10 Å². The normalized spacial score (nSPS) is 17.2. The molecule has 0 bridgehead atoms. The van der Waals surface area contributed by atoms with E-state index >= 15 is 0 Å². The molecule has 0 spiro atoms. The van der Waals surface area contributed by atoms with Crippen LogP contribution in [0.25, 0.3) is 0 Å². The molecule has 3 heteroatoms. The van der Waals surface area contributed by atoms with Crippen LogP contribution in [0.2, 0.25) is 0 Å². The van der Waals surface area contributed by atoms with E-state index in [1.165, 1.54) is 23.6 Å². The highest BCUT2D eigenvalue weighted by Gasteiger charge is 2.20. The largest absolute Gasteiger partial charge is 0.259 e. The lowest BCUT2D eigenvalue weighted by Crippen LogP contribution is -2.13. The highest BCUT2D eigenvalue weighted by Crippen LogP contribution is 2.25. The van der Waals surface area contributed by atoms with E-state index in [0.29, 0.717) is 0 Å². The van der Waals surface area contributed by atoms with Gasteiger partial charge in [0.2, 0.25) is 0 Å². The van der Waals surface area contributed by atoms with Crippen molar-refractivity contribution in [1.29, 1.82) is 0 Å². The molecule has 0 atom stereocenters. The summed E-state index contributed by atoms with van der Waals surface area (Å²) >= 11 is 1.96. The van der Waals surface area contributed by atoms with Gasteiger partial charge in [0.1, 0.15) is 0 Å². The molecule has 0 N–H and O–H groups in total. The highest BCUT2D eigenvalue weighted by molar-refractivity contribution is 7.98. The van der Waals surface area contributed by atoms with E-state index in [0.717, 1.165) is 5.88 Å². The summed E-state index contributed by atoms with van der Waals surface area (Å²) in [7, 11) is 0. The van der Waals surface area contributed by atoms with E-state index < -0.39 is 0 Å². The molecule has 1 aromatic rings. The Bertz CT molecular complexity index is 286. The molecule has 0 amide bonds. The maximum atomic E-state index is 4.62. The van der Waals surface area contributed by atoms with Gasteiger partial charge in [0.05, 0.1) is 11.6 Å². The van der Waals surface area contributed by atoms with Gasteiger partial charge in [-0.05, 0) is 12.5 Å². The molecule has 0 saturated heterocycles. The van der Waals surface area contributed by atoms with Gasteiger partial charge in [-0.3, -0.25) is 4.68 Å². The second-order valence-corrected chi connectivity index (χ2v) is 5.63. The number of thioether (sulfide) groups is 1. The van der Waals surface area contributed by atoms with Crippen LogP contribution in [-0.2, 0) is 17.7 Å². The van der Waals surface area contributed by atoms with Gasteiger partial charge in [-0.15, -0.1) is 11.8 Å². The minimum absolute atomic E-state index is 0.189. The zero-order valence-corrected chi connectivity index (χ0v) is 9.32. The Morgan fingerprint density at radius 3 is 2.85 bits per heavy atom. The predicted molar refractivity (Wildman–Crippen MR) is 57.1 cm³/mol. The average molecular weight is 196 g/mol. The van der Waals surface area contributed by atoms with Gasteiger partial charge in [0.25, 0.3) is 0 Å². The summed E-state index contributed by atoms with van der Waals surface area (Å²) in [6.07, 6.45) is 1.17. The van der Waals surface area contributed by atoms with Gasteiger partial charge in [0, 0.05) is 16.9 Å². The SMILES string of the molecule is CC(C)(C)c1cc2n(n1)CSCC2. The van der Waals surface area contributed by atoms with Crippen molar-refractivity contribution < 1.29 is 0 Å². The summed E-state index contributed by atoms with van der Waals surface area (Å²) < 4.78 is 2.15. The minimum Gasteiger partial charge on any atom is -0.259 e. The molecule has 0 saturated carbocycles. The third-order valence-corrected chi connectivity index (χ3v) is 3.27. The fraction of sp³-hybridized carbons (Fsp3) is 0.700. The zero-order valence-electron chi connectivity index (χ0n) is 8.50. The first kappa shape index (κ1) is 9.13. The minimum atomic E-state index is 0.189. The van der Waals surface area contributed by atoms with Crippen LogP contribution in [0.5, 0.6) is 0 Å². The molecular weight excluding hydrogens is 180 g/mol. The molecule has 1 aliphatic heterocycles. The highest BCUT2D eigenvalue weighted by atomic mass is 32.2. The fourth-order valence-electron chi connectivity index (χ4n) is 1.46. The first-order valence-corrected chi connectivity index (χ1v) is 5.88. The number of hydrogen-bond donors (Lipinski definition) is 0. The van der Waals surface area contributed by atoms with Gasteiger partial charge < -0.3 is 0 Å². The van der Waals surface area contributed by atoms with Crippen LogP contribution in [0.15, 0.2) is 6.07 Å². The van der Waals surface area contributed by atoms with Crippen LogP contribution >= 0.6 is 11.8 Å².